The third-order valence-electron chi connectivity index (χ3n) is 5.90. The number of rotatable bonds is 11. The summed E-state index contributed by atoms with van der Waals surface area (Å²) in [6.07, 6.45) is -16.3. The van der Waals surface area contributed by atoms with Crippen molar-refractivity contribution in [1.82, 2.24) is 0 Å². The van der Waals surface area contributed by atoms with E-state index >= 15 is 0 Å². The molecule has 0 saturated carbocycles. The van der Waals surface area contributed by atoms with Crippen LogP contribution in [0, 0.1) is 0 Å². The van der Waals surface area contributed by atoms with Gasteiger partial charge in [0.15, 0.2) is 43.1 Å². The van der Waals surface area contributed by atoms with Crippen molar-refractivity contribution in [2.24, 2.45) is 0 Å². The fraction of sp³-hybridized carbons (Fsp3) is 0.731. The van der Waals surface area contributed by atoms with Crippen molar-refractivity contribution in [2.45, 2.75) is 110 Å². The summed E-state index contributed by atoms with van der Waals surface area (Å²) in [5, 5.41) is 10.6. The summed E-state index contributed by atoms with van der Waals surface area (Å²) in [6, 6.07) is 0. The molecule has 18 heteroatoms. The lowest BCUT2D eigenvalue weighted by Crippen LogP contribution is -2.67. The Balaban J connectivity index is 2.66. The van der Waals surface area contributed by atoms with Crippen LogP contribution in [0.25, 0.3) is 0 Å². The molecule has 44 heavy (non-hydrogen) atoms. The predicted octanol–water partition coefficient (Wildman–Crippen LogP) is -1.40. The average Bonchev–Trinajstić information content (AvgIpc) is 2.87. The van der Waals surface area contributed by atoms with E-state index < -0.39 is 116 Å². The van der Waals surface area contributed by atoms with Crippen LogP contribution >= 0.6 is 0 Å². The molecule has 6 unspecified atom stereocenters. The minimum atomic E-state index is -1.90. The Hall–Kier alpha value is -3.87. The van der Waals surface area contributed by atoms with Crippen LogP contribution < -0.4 is 0 Å². The standard InChI is InChI=1S/C26H36O18/c1-10(27)35-8-17-20(21(38-13(4)30)23(25(34)42-17)40-15(6)32)44-26-24(41-16(7)33)22(39-14(5)31)19(37-12(3)29)18(43-26)9-36-11(2)28/h17-26,34H,8-9H2,1-7H3/t17?,18?,19-,20+,21?,22?,23?,24?,25-,26-/m0/s1. The highest BCUT2D eigenvalue weighted by molar-refractivity contribution is 5.69. The second-order valence-corrected chi connectivity index (χ2v) is 9.68. The summed E-state index contributed by atoms with van der Waals surface area (Å²) in [7, 11) is 0. The van der Waals surface area contributed by atoms with E-state index in [1.165, 1.54) is 0 Å². The van der Waals surface area contributed by atoms with E-state index in [2.05, 4.69) is 0 Å². The van der Waals surface area contributed by atoms with E-state index in [1.807, 2.05) is 0 Å². The van der Waals surface area contributed by atoms with E-state index in [9.17, 15) is 38.7 Å². The molecule has 10 atom stereocenters. The minimum Gasteiger partial charge on any atom is -0.463 e. The average molecular weight is 637 g/mol. The maximum atomic E-state index is 12.2. The van der Waals surface area contributed by atoms with E-state index in [-0.39, 0.29) is 0 Å². The van der Waals surface area contributed by atoms with E-state index in [0.29, 0.717) is 0 Å². The van der Waals surface area contributed by atoms with Crippen LogP contribution in [-0.4, -0.2) is 122 Å². The van der Waals surface area contributed by atoms with Crippen LogP contribution in [0.2, 0.25) is 0 Å². The van der Waals surface area contributed by atoms with Crippen molar-refractivity contribution in [2.75, 3.05) is 13.2 Å². The van der Waals surface area contributed by atoms with Gasteiger partial charge in [-0.25, -0.2) is 0 Å². The SMILES string of the molecule is CC(=O)OCC1O[C@H](O)C(OC(C)=O)C(OC(C)=O)[C@@H]1O[C@@H]1OC(COC(C)=O)[C@H](OC(C)=O)C(OC(C)=O)C1OC(C)=O. The number of hydrogen-bond donors (Lipinski definition) is 1. The van der Waals surface area contributed by atoms with E-state index in [1.54, 1.807) is 0 Å². The number of carbonyl (C=O) groups excluding carboxylic acids is 7. The molecule has 2 aliphatic rings. The van der Waals surface area contributed by atoms with Crippen molar-refractivity contribution in [3.05, 3.63) is 0 Å². The molecule has 0 spiro atoms. The third-order valence-corrected chi connectivity index (χ3v) is 5.90. The molecule has 0 aromatic heterocycles. The van der Waals surface area contributed by atoms with Crippen LogP contribution in [0.4, 0.5) is 0 Å². The summed E-state index contributed by atoms with van der Waals surface area (Å²) in [5.74, 6) is -6.03. The lowest BCUT2D eigenvalue weighted by Gasteiger charge is -2.48. The molecule has 2 rings (SSSR count). The van der Waals surface area contributed by atoms with Crippen molar-refractivity contribution in [1.29, 1.82) is 0 Å². The van der Waals surface area contributed by atoms with Crippen LogP contribution in [0.15, 0.2) is 0 Å². The second kappa shape index (κ2) is 16.3. The third kappa shape index (κ3) is 10.7. The first-order valence-electron chi connectivity index (χ1n) is 13.3. The molecule has 2 aliphatic heterocycles. The van der Waals surface area contributed by atoms with Gasteiger partial charge in [-0.1, -0.05) is 0 Å². The zero-order chi connectivity index (χ0) is 33.3. The van der Waals surface area contributed by atoms with Crippen molar-refractivity contribution < 1.29 is 86.0 Å². The molecule has 0 aromatic carbocycles. The Morgan fingerprint density at radius 3 is 1.27 bits per heavy atom. The topological polar surface area (TPSA) is 232 Å². The van der Waals surface area contributed by atoms with E-state index in [4.69, 9.17) is 47.4 Å². The molecular formula is C26H36O18. The molecule has 0 amide bonds. The number of esters is 7. The lowest BCUT2D eigenvalue weighted by atomic mass is 9.96. The Morgan fingerprint density at radius 1 is 0.477 bits per heavy atom. The quantitative estimate of drug-likeness (QED) is 0.203. The summed E-state index contributed by atoms with van der Waals surface area (Å²) < 4.78 is 54.1. The van der Waals surface area contributed by atoms with Gasteiger partial charge in [0.2, 0.25) is 0 Å². The van der Waals surface area contributed by atoms with Crippen molar-refractivity contribution in [3.8, 4) is 0 Å². The fourth-order valence-corrected chi connectivity index (χ4v) is 4.49. The van der Waals surface area contributed by atoms with Gasteiger partial charge in [-0.15, -0.1) is 0 Å². The Morgan fingerprint density at radius 2 is 0.841 bits per heavy atom. The fourth-order valence-electron chi connectivity index (χ4n) is 4.49. The predicted molar refractivity (Wildman–Crippen MR) is 135 cm³/mol. The molecule has 0 aliphatic carbocycles. The van der Waals surface area contributed by atoms with Gasteiger partial charge in [-0.3, -0.25) is 33.6 Å². The number of hydrogen-bond acceptors (Lipinski definition) is 18. The molecule has 2 saturated heterocycles. The highest BCUT2D eigenvalue weighted by Gasteiger charge is 2.57. The van der Waals surface area contributed by atoms with Crippen LogP contribution in [0.5, 0.6) is 0 Å². The van der Waals surface area contributed by atoms with Gasteiger partial charge >= 0.3 is 41.8 Å². The number of ether oxygens (including phenoxy) is 10. The molecule has 0 bridgehead atoms. The van der Waals surface area contributed by atoms with Crippen molar-refractivity contribution in [3.63, 3.8) is 0 Å². The zero-order valence-electron chi connectivity index (χ0n) is 25.1. The molecule has 248 valence electrons. The summed E-state index contributed by atoms with van der Waals surface area (Å²) in [5.41, 5.74) is 0. The Labute approximate surface area is 251 Å². The highest BCUT2D eigenvalue weighted by atomic mass is 16.8. The molecular weight excluding hydrogens is 600 g/mol. The van der Waals surface area contributed by atoms with Crippen LogP contribution in [0.1, 0.15) is 48.5 Å². The van der Waals surface area contributed by atoms with Gasteiger partial charge in [0, 0.05) is 48.5 Å². The van der Waals surface area contributed by atoms with Gasteiger partial charge in [-0.05, 0) is 0 Å². The molecule has 0 radical (unpaired) electrons. The molecule has 0 aromatic rings. The molecule has 2 fully saturated rings. The number of carbonyl (C=O) groups is 7. The summed E-state index contributed by atoms with van der Waals surface area (Å²) in [6.45, 7) is 6.11. The van der Waals surface area contributed by atoms with Gasteiger partial charge in [0.25, 0.3) is 0 Å². The van der Waals surface area contributed by atoms with Gasteiger partial charge in [0.1, 0.15) is 31.5 Å². The maximum Gasteiger partial charge on any atom is 0.303 e. The van der Waals surface area contributed by atoms with Gasteiger partial charge in [-0.2, -0.15) is 0 Å². The Bertz CT molecular complexity index is 1090. The summed E-state index contributed by atoms with van der Waals surface area (Å²) in [4.78, 5) is 83.5. The first-order valence-corrected chi connectivity index (χ1v) is 13.3. The largest absolute Gasteiger partial charge is 0.463 e. The lowest BCUT2D eigenvalue weighted by molar-refractivity contribution is -0.357. The van der Waals surface area contributed by atoms with Gasteiger partial charge < -0.3 is 52.5 Å². The van der Waals surface area contributed by atoms with Gasteiger partial charge in [0.05, 0.1) is 0 Å². The maximum absolute atomic E-state index is 12.2. The minimum absolute atomic E-state index is 0.572. The monoisotopic (exact) mass is 636 g/mol. The molecule has 2 heterocycles. The highest BCUT2D eigenvalue weighted by Crippen LogP contribution is 2.34. The van der Waals surface area contributed by atoms with Crippen LogP contribution in [0.3, 0.4) is 0 Å². The number of aliphatic hydroxyl groups is 1. The second-order valence-electron chi connectivity index (χ2n) is 9.68. The van der Waals surface area contributed by atoms with E-state index in [0.717, 1.165) is 48.5 Å². The first kappa shape index (κ1) is 36.3. The Kier molecular flexibility index (Phi) is 13.4. The zero-order valence-corrected chi connectivity index (χ0v) is 25.1. The smallest absolute Gasteiger partial charge is 0.303 e. The summed E-state index contributed by atoms with van der Waals surface area (Å²) >= 11 is 0. The normalized spacial score (nSPS) is 31.5. The van der Waals surface area contributed by atoms with Crippen LogP contribution in [-0.2, 0) is 80.9 Å². The van der Waals surface area contributed by atoms with Crippen molar-refractivity contribution >= 4 is 41.8 Å². The first-order chi connectivity index (χ1) is 20.5. The molecule has 1 N–H and O–H groups in total. The molecule has 18 nitrogen and oxygen atoms in total. The number of aliphatic hydroxyl groups excluding tert-OH is 1.